The predicted octanol–water partition coefficient (Wildman–Crippen LogP) is 2.81. The molecule has 4 heteroatoms. The molecule has 92 valence electrons. The van der Waals surface area contributed by atoms with Crippen molar-refractivity contribution in [3.8, 4) is 0 Å². The summed E-state index contributed by atoms with van der Waals surface area (Å²) in [5.74, 6) is 1.30. The maximum Gasteiger partial charge on any atom is 0.0539 e. The van der Waals surface area contributed by atoms with Gasteiger partial charge in [0.25, 0.3) is 0 Å². The molecule has 1 heterocycles. The van der Waals surface area contributed by atoms with Crippen molar-refractivity contribution in [2.45, 2.75) is 32.1 Å². The fraction of sp³-hybridized carbons (Fsp3) is 0.667. The number of hydrogen-bond acceptors (Lipinski definition) is 4. The molecule has 0 spiro atoms. The molecule has 0 saturated carbocycles. The summed E-state index contributed by atoms with van der Waals surface area (Å²) in [4.78, 5) is 2.68. The van der Waals surface area contributed by atoms with Gasteiger partial charge in [0, 0.05) is 22.4 Å². The molecule has 0 fully saturated rings. The van der Waals surface area contributed by atoms with Crippen LogP contribution in [0.25, 0.3) is 0 Å². The molecule has 0 aliphatic heterocycles. The first-order valence-corrected chi connectivity index (χ1v) is 7.45. The largest absolute Gasteiger partial charge is 0.396 e. The van der Waals surface area contributed by atoms with Crippen LogP contribution in [0.2, 0.25) is 0 Å². The van der Waals surface area contributed by atoms with E-state index in [1.165, 1.54) is 9.75 Å². The van der Waals surface area contributed by atoms with Crippen LogP contribution in [-0.4, -0.2) is 23.5 Å². The average molecular weight is 259 g/mol. The van der Waals surface area contributed by atoms with Gasteiger partial charge in [-0.3, -0.25) is 0 Å². The summed E-state index contributed by atoms with van der Waals surface area (Å²) in [6, 6.07) is 4.46. The Bertz CT molecular complexity index is 312. The fourth-order valence-electron chi connectivity index (χ4n) is 1.42. The van der Waals surface area contributed by atoms with Crippen LogP contribution in [0.5, 0.6) is 0 Å². The van der Waals surface area contributed by atoms with Gasteiger partial charge >= 0.3 is 0 Å². The summed E-state index contributed by atoms with van der Waals surface area (Å²) in [5.41, 5.74) is 6.03. The van der Waals surface area contributed by atoms with Crippen LogP contribution in [0.3, 0.4) is 0 Å². The topological polar surface area (TPSA) is 46.2 Å². The summed E-state index contributed by atoms with van der Waals surface area (Å²) >= 11 is 3.67. The third-order valence-electron chi connectivity index (χ3n) is 2.39. The van der Waals surface area contributed by atoms with E-state index in [2.05, 4.69) is 32.9 Å². The summed E-state index contributed by atoms with van der Waals surface area (Å²) in [6.45, 7) is 6.48. The molecule has 3 atom stereocenters. The monoisotopic (exact) mass is 259 g/mol. The van der Waals surface area contributed by atoms with Gasteiger partial charge in [-0.15, -0.1) is 11.3 Å². The summed E-state index contributed by atoms with van der Waals surface area (Å²) < 4.78 is 0. The number of aliphatic hydroxyl groups excluding tert-OH is 1. The molecule has 1 aromatic heterocycles. The van der Waals surface area contributed by atoms with Crippen LogP contribution in [0.1, 0.15) is 28.9 Å². The van der Waals surface area contributed by atoms with Crippen molar-refractivity contribution in [1.82, 2.24) is 0 Å². The second kappa shape index (κ2) is 6.64. The first kappa shape index (κ1) is 14.0. The van der Waals surface area contributed by atoms with Gasteiger partial charge in [-0.05, 0) is 37.7 Å². The molecular weight excluding hydrogens is 238 g/mol. The van der Waals surface area contributed by atoms with Gasteiger partial charge < -0.3 is 10.8 Å². The third kappa shape index (κ3) is 4.09. The number of rotatable bonds is 6. The first-order chi connectivity index (χ1) is 7.54. The second-order valence-corrected chi connectivity index (χ2v) is 6.84. The number of hydrogen-bond donors (Lipinski definition) is 2. The molecule has 0 bridgehead atoms. The Hall–Kier alpha value is -0.0300. The SMILES string of the molecule is Cc1ccc(C(SCC(C)CO)C(C)N)s1. The van der Waals surface area contributed by atoms with Crippen LogP contribution >= 0.6 is 23.1 Å². The van der Waals surface area contributed by atoms with E-state index in [4.69, 9.17) is 10.8 Å². The maximum absolute atomic E-state index is 9.02. The molecular formula is C12H21NOS2. The van der Waals surface area contributed by atoms with E-state index in [0.29, 0.717) is 11.2 Å². The summed E-state index contributed by atoms with van der Waals surface area (Å²) in [7, 11) is 0. The Kier molecular flexibility index (Phi) is 5.83. The highest BCUT2D eigenvalue weighted by molar-refractivity contribution is 7.99. The van der Waals surface area contributed by atoms with E-state index in [1.54, 1.807) is 0 Å². The van der Waals surface area contributed by atoms with Crippen molar-refractivity contribution in [3.05, 3.63) is 21.9 Å². The van der Waals surface area contributed by atoms with E-state index < -0.39 is 0 Å². The zero-order chi connectivity index (χ0) is 12.1. The molecule has 16 heavy (non-hydrogen) atoms. The minimum atomic E-state index is 0.147. The number of nitrogens with two attached hydrogens (primary N) is 1. The zero-order valence-electron chi connectivity index (χ0n) is 10.1. The molecule has 0 radical (unpaired) electrons. The molecule has 0 aliphatic rings. The Balaban J connectivity index is 2.61. The lowest BCUT2D eigenvalue weighted by molar-refractivity contribution is 0.250. The third-order valence-corrected chi connectivity index (χ3v) is 5.43. The number of aliphatic hydroxyl groups is 1. The average Bonchev–Trinajstić information content (AvgIpc) is 2.64. The van der Waals surface area contributed by atoms with E-state index in [9.17, 15) is 0 Å². The predicted molar refractivity (Wildman–Crippen MR) is 74.2 cm³/mol. The zero-order valence-corrected chi connectivity index (χ0v) is 11.8. The van der Waals surface area contributed by atoms with Crippen LogP contribution in [0.15, 0.2) is 12.1 Å². The minimum Gasteiger partial charge on any atom is -0.396 e. The van der Waals surface area contributed by atoms with Crippen molar-refractivity contribution in [2.24, 2.45) is 11.7 Å². The molecule has 3 N–H and O–H groups in total. The van der Waals surface area contributed by atoms with Crippen LogP contribution in [0.4, 0.5) is 0 Å². The van der Waals surface area contributed by atoms with Crippen molar-refractivity contribution < 1.29 is 5.11 Å². The van der Waals surface area contributed by atoms with Crippen LogP contribution < -0.4 is 5.73 Å². The molecule has 3 unspecified atom stereocenters. The van der Waals surface area contributed by atoms with Crippen molar-refractivity contribution in [3.63, 3.8) is 0 Å². The number of thioether (sulfide) groups is 1. The Morgan fingerprint density at radius 1 is 1.44 bits per heavy atom. The first-order valence-electron chi connectivity index (χ1n) is 5.59. The number of thiophene rings is 1. The van der Waals surface area contributed by atoms with Crippen molar-refractivity contribution >= 4 is 23.1 Å². The van der Waals surface area contributed by atoms with Gasteiger partial charge in [-0.2, -0.15) is 11.8 Å². The van der Waals surface area contributed by atoms with Gasteiger partial charge in [0.15, 0.2) is 0 Å². The number of aryl methyl sites for hydroxylation is 1. The minimum absolute atomic E-state index is 0.147. The Morgan fingerprint density at radius 3 is 2.56 bits per heavy atom. The molecule has 0 saturated heterocycles. The van der Waals surface area contributed by atoms with Crippen LogP contribution in [-0.2, 0) is 0 Å². The lowest BCUT2D eigenvalue weighted by atomic mass is 10.2. The van der Waals surface area contributed by atoms with E-state index in [0.717, 1.165) is 5.75 Å². The molecule has 1 rings (SSSR count). The van der Waals surface area contributed by atoms with Gasteiger partial charge in [-0.25, -0.2) is 0 Å². The molecule has 0 amide bonds. The van der Waals surface area contributed by atoms with Crippen molar-refractivity contribution in [1.29, 1.82) is 0 Å². The van der Waals surface area contributed by atoms with E-state index in [1.807, 2.05) is 23.1 Å². The normalized spacial score (nSPS) is 17.1. The van der Waals surface area contributed by atoms with E-state index >= 15 is 0 Å². The standard InChI is InChI=1S/C12H21NOS2/c1-8(6-14)7-15-12(10(3)13)11-5-4-9(2)16-11/h4-5,8,10,12,14H,6-7,13H2,1-3H3. The van der Waals surface area contributed by atoms with Gasteiger partial charge in [-0.1, -0.05) is 6.92 Å². The highest BCUT2D eigenvalue weighted by Gasteiger charge is 2.19. The lowest BCUT2D eigenvalue weighted by Gasteiger charge is -2.20. The molecule has 0 aromatic carbocycles. The maximum atomic E-state index is 9.02. The summed E-state index contributed by atoms with van der Waals surface area (Å²) in [6.07, 6.45) is 0. The smallest absolute Gasteiger partial charge is 0.0539 e. The van der Waals surface area contributed by atoms with Gasteiger partial charge in [0.05, 0.1) is 5.25 Å². The summed E-state index contributed by atoms with van der Waals surface area (Å²) in [5, 5.41) is 9.37. The Labute approximate surface area is 106 Å². The van der Waals surface area contributed by atoms with Gasteiger partial charge in [0.1, 0.15) is 0 Å². The van der Waals surface area contributed by atoms with Crippen LogP contribution in [0, 0.1) is 12.8 Å². The molecule has 0 aliphatic carbocycles. The highest BCUT2D eigenvalue weighted by atomic mass is 32.2. The Morgan fingerprint density at radius 2 is 2.12 bits per heavy atom. The molecule has 2 nitrogen and oxygen atoms in total. The van der Waals surface area contributed by atoms with E-state index in [-0.39, 0.29) is 12.6 Å². The fourth-order valence-corrected chi connectivity index (χ4v) is 3.93. The molecule has 1 aromatic rings. The quantitative estimate of drug-likeness (QED) is 0.826. The lowest BCUT2D eigenvalue weighted by Crippen LogP contribution is -2.23. The highest BCUT2D eigenvalue weighted by Crippen LogP contribution is 2.36. The van der Waals surface area contributed by atoms with Gasteiger partial charge in [0.2, 0.25) is 0 Å². The second-order valence-electron chi connectivity index (χ2n) is 4.35. The van der Waals surface area contributed by atoms with Crippen molar-refractivity contribution in [2.75, 3.05) is 12.4 Å².